The number of methoxy groups -OCH3 is 1. The molecule has 0 bridgehead atoms. The molecule has 2 N–H and O–H groups in total. The molecule has 0 unspecified atom stereocenters. The predicted molar refractivity (Wildman–Crippen MR) is 107 cm³/mol. The Morgan fingerprint density at radius 2 is 1.67 bits per heavy atom. The lowest BCUT2D eigenvalue weighted by Crippen LogP contribution is -2.04. The maximum Gasteiger partial charge on any atom is 0.337 e. The fourth-order valence-corrected chi connectivity index (χ4v) is 2.78. The number of anilines is 4. The largest absolute Gasteiger partial charge is 0.465 e. The van der Waals surface area contributed by atoms with Gasteiger partial charge in [0.05, 0.1) is 12.7 Å². The van der Waals surface area contributed by atoms with Crippen molar-refractivity contribution in [3.8, 4) is 0 Å². The summed E-state index contributed by atoms with van der Waals surface area (Å²) in [6, 6.07) is 15.1. The molecule has 0 atom stereocenters. The van der Waals surface area contributed by atoms with Crippen molar-refractivity contribution < 1.29 is 9.53 Å². The molecule has 0 radical (unpaired) electrons. The van der Waals surface area contributed by atoms with E-state index in [4.69, 9.17) is 4.74 Å². The molecule has 0 aliphatic rings. The van der Waals surface area contributed by atoms with Gasteiger partial charge in [-0.25, -0.2) is 14.8 Å². The summed E-state index contributed by atoms with van der Waals surface area (Å²) in [5, 5.41) is 6.56. The third-order valence-corrected chi connectivity index (χ3v) is 4.04. The molecule has 27 heavy (non-hydrogen) atoms. The lowest BCUT2D eigenvalue weighted by Gasteiger charge is -2.12. The van der Waals surface area contributed by atoms with Gasteiger partial charge in [0.1, 0.15) is 17.5 Å². The Morgan fingerprint density at radius 1 is 0.926 bits per heavy atom. The maximum atomic E-state index is 11.7. The number of hydrogen-bond acceptors (Lipinski definition) is 6. The molecule has 1 heterocycles. The molecule has 2 aromatic carbocycles. The number of benzene rings is 2. The third-order valence-electron chi connectivity index (χ3n) is 4.04. The number of nitrogens with zero attached hydrogens (tertiary/aromatic N) is 2. The second-order valence-electron chi connectivity index (χ2n) is 6.33. The first-order valence-electron chi connectivity index (χ1n) is 8.60. The highest BCUT2D eigenvalue weighted by Crippen LogP contribution is 2.23. The first kappa shape index (κ1) is 18.4. The van der Waals surface area contributed by atoms with E-state index in [1.54, 1.807) is 18.2 Å². The van der Waals surface area contributed by atoms with Crippen molar-refractivity contribution in [1.29, 1.82) is 0 Å². The second kappa shape index (κ2) is 7.86. The van der Waals surface area contributed by atoms with Crippen molar-refractivity contribution in [2.24, 2.45) is 0 Å². The van der Waals surface area contributed by atoms with Gasteiger partial charge in [-0.15, -0.1) is 0 Å². The molecule has 138 valence electrons. The fourth-order valence-electron chi connectivity index (χ4n) is 2.78. The number of carbonyl (C=O) groups excluding carboxylic acids is 1. The lowest BCUT2D eigenvalue weighted by molar-refractivity contribution is 0.0601. The van der Waals surface area contributed by atoms with Crippen molar-refractivity contribution in [3.63, 3.8) is 0 Å². The monoisotopic (exact) mass is 362 g/mol. The molecule has 6 heteroatoms. The van der Waals surface area contributed by atoms with Gasteiger partial charge in [0.25, 0.3) is 0 Å². The topological polar surface area (TPSA) is 76.1 Å². The van der Waals surface area contributed by atoms with Crippen LogP contribution in [-0.2, 0) is 4.74 Å². The van der Waals surface area contributed by atoms with E-state index in [1.165, 1.54) is 12.7 Å². The minimum Gasteiger partial charge on any atom is -0.465 e. The van der Waals surface area contributed by atoms with Gasteiger partial charge in [-0.05, 0) is 50.6 Å². The van der Waals surface area contributed by atoms with Crippen LogP contribution in [0, 0.1) is 20.8 Å². The Balaban J connectivity index is 1.84. The van der Waals surface area contributed by atoms with E-state index in [0.29, 0.717) is 23.0 Å². The fraction of sp³-hybridized carbons (Fsp3) is 0.190. The molecule has 0 saturated heterocycles. The van der Waals surface area contributed by atoms with Crippen LogP contribution in [0.4, 0.5) is 23.0 Å². The number of aryl methyl sites for hydroxylation is 3. The number of aromatic nitrogens is 2. The Kier molecular flexibility index (Phi) is 5.35. The van der Waals surface area contributed by atoms with Gasteiger partial charge < -0.3 is 15.4 Å². The summed E-state index contributed by atoms with van der Waals surface area (Å²) in [6.07, 6.45) is 0. The Hall–Kier alpha value is -3.41. The van der Waals surface area contributed by atoms with E-state index in [-0.39, 0.29) is 5.97 Å². The average molecular weight is 362 g/mol. The van der Waals surface area contributed by atoms with E-state index in [2.05, 4.69) is 46.6 Å². The molecular formula is C21H22N4O2. The van der Waals surface area contributed by atoms with Gasteiger partial charge >= 0.3 is 5.97 Å². The number of carbonyl (C=O) groups is 1. The summed E-state index contributed by atoms with van der Waals surface area (Å²) in [7, 11) is 1.36. The number of esters is 1. The molecular weight excluding hydrogens is 340 g/mol. The van der Waals surface area contributed by atoms with Crippen LogP contribution in [0.2, 0.25) is 0 Å². The summed E-state index contributed by atoms with van der Waals surface area (Å²) in [5.41, 5.74) is 4.57. The summed E-state index contributed by atoms with van der Waals surface area (Å²) in [6.45, 7) is 5.96. The first-order chi connectivity index (χ1) is 12.9. The molecule has 0 saturated carbocycles. The highest BCUT2D eigenvalue weighted by Gasteiger charge is 2.08. The van der Waals surface area contributed by atoms with E-state index >= 15 is 0 Å². The highest BCUT2D eigenvalue weighted by atomic mass is 16.5. The van der Waals surface area contributed by atoms with Gasteiger partial charge in [0, 0.05) is 17.4 Å². The third kappa shape index (κ3) is 4.61. The zero-order valence-electron chi connectivity index (χ0n) is 15.8. The molecule has 1 aromatic heterocycles. The lowest BCUT2D eigenvalue weighted by atomic mass is 10.1. The predicted octanol–water partition coefficient (Wildman–Crippen LogP) is 4.68. The van der Waals surface area contributed by atoms with Gasteiger partial charge in [0.2, 0.25) is 0 Å². The smallest absolute Gasteiger partial charge is 0.337 e. The van der Waals surface area contributed by atoms with Gasteiger partial charge in [-0.2, -0.15) is 0 Å². The standard InChI is InChI=1S/C21H22N4O2/c1-13-8-9-18(14(2)10-13)25-20-12-19(22-15(3)23-20)24-17-7-5-6-16(11-17)21(26)27-4/h5-12H,1-4H3,(H2,22,23,24,25). The van der Waals surface area contributed by atoms with Crippen LogP contribution < -0.4 is 10.6 Å². The van der Waals surface area contributed by atoms with Crippen LogP contribution in [-0.4, -0.2) is 23.0 Å². The zero-order chi connectivity index (χ0) is 19.4. The highest BCUT2D eigenvalue weighted by molar-refractivity contribution is 5.90. The van der Waals surface area contributed by atoms with E-state index in [1.807, 2.05) is 25.1 Å². The molecule has 0 fully saturated rings. The summed E-state index contributed by atoms with van der Waals surface area (Å²) < 4.78 is 4.76. The number of nitrogens with one attached hydrogen (secondary N) is 2. The summed E-state index contributed by atoms with van der Waals surface area (Å²) in [5.74, 6) is 1.59. The molecule has 0 amide bonds. The van der Waals surface area contributed by atoms with Crippen molar-refractivity contribution in [2.45, 2.75) is 20.8 Å². The molecule has 3 rings (SSSR count). The van der Waals surface area contributed by atoms with Crippen molar-refractivity contribution in [3.05, 3.63) is 71.0 Å². The van der Waals surface area contributed by atoms with Crippen molar-refractivity contribution in [2.75, 3.05) is 17.7 Å². The Labute approximate surface area is 158 Å². The van der Waals surface area contributed by atoms with E-state index in [0.717, 1.165) is 16.9 Å². The first-order valence-corrected chi connectivity index (χ1v) is 8.60. The van der Waals surface area contributed by atoms with Crippen LogP contribution in [0.1, 0.15) is 27.3 Å². The van der Waals surface area contributed by atoms with E-state index < -0.39 is 0 Å². The van der Waals surface area contributed by atoms with E-state index in [9.17, 15) is 4.79 Å². The second-order valence-corrected chi connectivity index (χ2v) is 6.33. The summed E-state index contributed by atoms with van der Waals surface area (Å²) >= 11 is 0. The molecule has 3 aromatic rings. The number of rotatable bonds is 5. The molecule has 6 nitrogen and oxygen atoms in total. The Bertz CT molecular complexity index is 986. The summed E-state index contributed by atoms with van der Waals surface area (Å²) in [4.78, 5) is 20.6. The maximum absolute atomic E-state index is 11.7. The van der Waals surface area contributed by atoms with Gasteiger partial charge in [0.15, 0.2) is 0 Å². The molecule has 0 aliphatic carbocycles. The quantitative estimate of drug-likeness (QED) is 0.642. The van der Waals surface area contributed by atoms with Crippen LogP contribution >= 0.6 is 0 Å². The van der Waals surface area contributed by atoms with Gasteiger partial charge in [-0.1, -0.05) is 23.8 Å². The SMILES string of the molecule is COC(=O)c1cccc(Nc2cc(Nc3ccc(C)cc3C)nc(C)n2)c1. The van der Waals surface area contributed by atoms with Crippen LogP contribution in [0.5, 0.6) is 0 Å². The Morgan fingerprint density at radius 3 is 2.37 bits per heavy atom. The van der Waals surface area contributed by atoms with Crippen LogP contribution in [0.3, 0.4) is 0 Å². The van der Waals surface area contributed by atoms with Crippen molar-refractivity contribution >= 4 is 29.0 Å². The minimum atomic E-state index is -0.380. The zero-order valence-corrected chi connectivity index (χ0v) is 15.8. The normalized spacial score (nSPS) is 10.4. The molecule has 0 spiro atoms. The number of ether oxygens (including phenoxy) is 1. The average Bonchev–Trinajstić information content (AvgIpc) is 2.63. The van der Waals surface area contributed by atoms with Crippen molar-refractivity contribution in [1.82, 2.24) is 9.97 Å². The minimum absolute atomic E-state index is 0.380. The molecule has 0 aliphatic heterocycles. The van der Waals surface area contributed by atoms with Gasteiger partial charge in [-0.3, -0.25) is 0 Å². The van der Waals surface area contributed by atoms with Crippen LogP contribution in [0.25, 0.3) is 0 Å². The van der Waals surface area contributed by atoms with Crippen LogP contribution in [0.15, 0.2) is 48.5 Å². The number of hydrogen-bond donors (Lipinski definition) is 2.